The predicted octanol–water partition coefficient (Wildman–Crippen LogP) is 3.76. The maximum Gasteiger partial charge on any atom is 0.240 e. The standard InChI is InChI=1S/C14H14Cl2N2O2S/c15-13-8-17-14(16)12-7-10(5-6-11(12)13)21(19,20)18-9-3-1-2-4-9/h5-9,18H,1-4H2. The topological polar surface area (TPSA) is 59.1 Å². The average molecular weight is 345 g/mol. The largest absolute Gasteiger partial charge is 0.242 e. The third kappa shape index (κ3) is 3.01. The molecule has 0 unspecified atom stereocenters. The third-order valence-corrected chi connectivity index (χ3v) is 5.87. The number of halogens is 2. The van der Waals surface area contributed by atoms with Crippen LogP contribution in [0.1, 0.15) is 25.7 Å². The van der Waals surface area contributed by atoms with E-state index in [9.17, 15) is 8.42 Å². The van der Waals surface area contributed by atoms with E-state index in [1.54, 1.807) is 12.1 Å². The molecule has 112 valence electrons. The van der Waals surface area contributed by atoms with Crippen molar-refractivity contribution < 1.29 is 8.42 Å². The van der Waals surface area contributed by atoms with E-state index < -0.39 is 10.0 Å². The predicted molar refractivity (Wildman–Crippen MR) is 84.3 cm³/mol. The van der Waals surface area contributed by atoms with Crippen LogP contribution in [0.25, 0.3) is 10.8 Å². The van der Waals surface area contributed by atoms with Gasteiger partial charge >= 0.3 is 0 Å². The number of pyridine rings is 1. The molecule has 1 aliphatic carbocycles. The molecule has 0 atom stereocenters. The molecule has 1 aromatic heterocycles. The van der Waals surface area contributed by atoms with Gasteiger partial charge in [0.05, 0.1) is 9.92 Å². The Morgan fingerprint density at radius 1 is 1.14 bits per heavy atom. The normalized spacial score (nSPS) is 16.7. The molecule has 1 aromatic carbocycles. The van der Waals surface area contributed by atoms with Gasteiger partial charge in [-0.3, -0.25) is 0 Å². The Bertz CT molecular complexity index is 787. The number of aromatic nitrogens is 1. The number of fused-ring (bicyclic) bond motifs is 1. The second-order valence-electron chi connectivity index (χ2n) is 5.21. The molecule has 1 saturated carbocycles. The van der Waals surface area contributed by atoms with E-state index in [4.69, 9.17) is 23.2 Å². The van der Waals surface area contributed by atoms with Gasteiger partial charge in [-0.15, -0.1) is 0 Å². The summed E-state index contributed by atoms with van der Waals surface area (Å²) in [5, 5.41) is 1.92. The van der Waals surface area contributed by atoms with Gasteiger partial charge in [-0.1, -0.05) is 42.1 Å². The first kappa shape index (κ1) is 15.0. The lowest BCUT2D eigenvalue weighted by Crippen LogP contribution is -2.32. The lowest BCUT2D eigenvalue weighted by atomic mass is 10.2. The number of hydrogen-bond donors (Lipinski definition) is 1. The molecule has 1 heterocycles. The van der Waals surface area contributed by atoms with Crippen molar-refractivity contribution in [2.45, 2.75) is 36.6 Å². The Kier molecular flexibility index (Phi) is 4.10. The van der Waals surface area contributed by atoms with Crippen LogP contribution in [0, 0.1) is 0 Å². The first-order valence-corrected chi connectivity index (χ1v) is 8.97. The highest BCUT2D eigenvalue weighted by Crippen LogP contribution is 2.30. The summed E-state index contributed by atoms with van der Waals surface area (Å²) in [5.74, 6) is 0. The Labute approximate surface area is 133 Å². The van der Waals surface area contributed by atoms with E-state index >= 15 is 0 Å². The molecule has 1 fully saturated rings. The molecule has 0 spiro atoms. The van der Waals surface area contributed by atoms with Crippen molar-refractivity contribution in [2.75, 3.05) is 0 Å². The Balaban J connectivity index is 2.02. The second kappa shape index (κ2) is 5.72. The second-order valence-corrected chi connectivity index (χ2v) is 7.69. The third-order valence-electron chi connectivity index (χ3n) is 3.75. The molecule has 0 saturated heterocycles. The van der Waals surface area contributed by atoms with Gasteiger partial charge in [-0.2, -0.15) is 0 Å². The molecular formula is C14H14Cl2N2O2S. The monoisotopic (exact) mass is 344 g/mol. The maximum atomic E-state index is 12.4. The van der Waals surface area contributed by atoms with Crippen molar-refractivity contribution in [3.63, 3.8) is 0 Å². The van der Waals surface area contributed by atoms with Gasteiger partial charge in [0.25, 0.3) is 0 Å². The minimum Gasteiger partial charge on any atom is -0.242 e. The molecule has 1 N–H and O–H groups in total. The molecule has 0 bridgehead atoms. The van der Waals surface area contributed by atoms with Crippen LogP contribution in [-0.2, 0) is 10.0 Å². The minimum absolute atomic E-state index is 0.0265. The van der Waals surface area contributed by atoms with Crippen LogP contribution < -0.4 is 4.72 Å². The van der Waals surface area contributed by atoms with E-state index in [2.05, 4.69) is 9.71 Å². The summed E-state index contributed by atoms with van der Waals surface area (Å²) in [5.41, 5.74) is 0. The molecular weight excluding hydrogens is 331 g/mol. The van der Waals surface area contributed by atoms with Crippen LogP contribution in [0.4, 0.5) is 0 Å². The Morgan fingerprint density at radius 2 is 1.86 bits per heavy atom. The molecule has 7 heteroatoms. The van der Waals surface area contributed by atoms with E-state index in [1.807, 2.05) is 0 Å². The smallest absolute Gasteiger partial charge is 0.240 e. The van der Waals surface area contributed by atoms with E-state index in [1.165, 1.54) is 12.3 Å². The number of hydrogen-bond acceptors (Lipinski definition) is 3. The summed E-state index contributed by atoms with van der Waals surface area (Å²) in [6.07, 6.45) is 5.37. The quantitative estimate of drug-likeness (QED) is 0.862. The highest BCUT2D eigenvalue weighted by atomic mass is 35.5. The van der Waals surface area contributed by atoms with Gasteiger partial charge in [0.2, 0.25) is 10.0 Å². The van der Waals surface area contributed by atoms with Crippen molar-refractivity contribution in [1.29, 1.82) is 0 Å². The van der Waals surface area contributed by atoms with Crippen molar-refractivity contribution in [3.05, 3.63) is 34.6 Å². The highest BCUT2D eigenvalue weighted by Gasteiger charge is 2.23. The van der Waals surface area contributed by atoms with Crippen molar-refractivity contribution in [3.8, 4) is 0 Å². The molecule has 21 heavy (non-hydrogen) atoms. The van der Waals surface area contributed by atoms with Gasteiger partial charge in [0.15, 0.2) is 0 Å². The van der Waals surface area contributed by atoms with E-state index in [-0.39, 0.29) is 16.1 Å². The molecule has 1 aliphatic rings. The van der Waals surface area contributed by atoms with Gasteiger partial charge in [-0.25, -0.2) is 18.1 Å². The Hall–Kier alpha value is -0.880. The van der Waals surface area contributed by atoms with Crippen LogP contribution in [0.15, 0.2) is 29.3 Å². The molecule has 0 radical (unpaired) electrons. The lowest BCUT2D eigenvalue weighted by molar-refractivity contribution is 0.552. The van der Waals surface area contributed by atoms with Gasteiger partial charge < -0.3 is 0 Å². The number of sulfonamides is 1. The van der Waals surface area contributed by atoms with Crippen molar-refractivity contribution in [2.24, 2.45) is 0 Å². The highest BCUT2D eigenvalue weighted by molar-refractivity contribution is 7.89. The summed E-state index contributed by atoms with van der Waals surface area (Å²) in [6.45, 7) is 0. The number of nitrogens with zero attached hydrogens (tertiary/aromatic N) is 1. The van der Waals surface area contributed by atoms with Crippen LogP contribution in [-0.4, -0.2) is 19.4 Å². The summed E-state index contributed by atoms with van der Waals surface area (Å²) < 4.78 is 27.6. The number of rotatable bonds is 3. The number of nitrogens with one attached hydrogen (secondary N) is 1. The van der Waals surface area contributed by atoms with Gasteiger partial charge in [0.1, 0.15) is 5.15 Å². The zero-order chi connectivity index (χ0) is 15.0. The first-order valence-electron chi connectivity index (χ1n) is 6.73. The summed E-state index contributed by atoms with van der Waals surface area (Å²) in [6, 6.07) is 4.75. The van der Waals surface area contributed by atoms with Crippen molar-refractivity contribution >= 4 is 44.0 Å². The summed E-state index contributed by atoms with van der Waals surface area (Å²) in [7, 11) is -3.54. The van der Waals surface area contributed by atoms with Gasteiger partial charge in [0, 0.05) is 23.0 Å². The molecule has 0 aliphatic heterocycles. The fourth-order valence-corrected chi connectivity index (χ4v) is 4.40. The zero-order valence-electron chi connectivity index (χ0n) is 11.1. The minimum atomic E-state index is -3.54. The molecule has 3 rings (SSSR count). The zero-order valence-corrected chi connectivity index (χ0v) is 13.5. The van der Waals surface area contributed by atoms with Crippen LogP contribution >= 0.6 is 23.2 Å². The summed E-state index contributed by atoms with van der Waals surface area (Å²) in [4.78, 5) is 4.14. The van der Waals surface area contributed by atoms with Crippen LogP contribution in [0.5, 0.6) is 0 Å². The van der Waals surface area contributed by atoms with Crippen LogP contribution in [0.3, 0.4) is 0 Å². The molecule has 4 nitrogen and oxygen atoms in total. The number of benzene rings is 1. The SMILES string of the molecule is O=S(=O)(NC1CCCC1)c1ccc2c(Cl)cnc(Cl)c2c1. The van der Waals surface area contributed by atoms with Crippen molar-refractivity contribution in [1.82, 2.24) is 9.71 Å². The van der Waals surface area contributed by atoms with Crippen LogP contribution in [0.2, 0.25) is 10.2 Å². The summed E-state index contributed by atoms with van der Waals surface area (Å²) >= 11 is 12.1. The van der Waals surface area contributed by atoms with E-state index in [0.29, 0.717) is 15.8 Å². The molecule has 2 aromatic rings. The fraction of sp³-hybridized carbons (Fsp3) is 0.357. The average Bonchev–Trinajstić information content (AvgIpc) is 2.95. The molecule has 0 amide bonds. The fourth-order valence-electron chi connectivity index (χ4n) is 2.65. The van der Waals surface area contributed by atoms with E-state index in [0.717, 1.165) is 25.7 Å². The Morgan fingerprint density at radius 3 is 2.57 bits per heavy atom. The maximum absolute atomic E-state index is 12.4. The lowest BCUT2D eigenvalue weighted by Gasteiger charge is -2.13. The first-order chi connectivity index (χ1) is 9.97. The van der Waals surface area contributed by atoms with Gasteiger partial charge in [-0.05, 0) is 25.0 Å².